The van der Waals surface area contributed by atoms with Crippen molar-refractivity contribution in [3.63, 3.8) is 0 Å². The third kappa shape index (κ3) is 3.59. The molecule has 1 aromatic rings. The van der Waals surface area contributed by atoms with Gasteiger partial charge in [-0.15, -0.1) is 0 Å². The number of nitro benzene ring substituents is 1. The van der Waals surface area contributed by atoms with Crippen molar-refractivity contribution >= 4 is 11.5 Å². The smallest absolute Gasteiger partial charge is 0.269 e. The van der Waals surface area contributed by atoms with Crippen LogP contribution in [0.1, 0.15) is 23.2 Å². The summed E-state index contributed by atoms with van der Waals surface area (Å²) >= 11 is 0. The Bertz CT molecular complexity index is 468. The number of aliphatic hydroxyl groups is 1. The second-order valence-corrected chi connectivity index (χ2v) is 4.65. The molecule has 1 aliphatic carbocycles. The fourth-order valence-electron chi connectivity index (χ4n) is 2.00. The number of hydrogen-bond donors (Lipinski definition) is 1. The molecule has 1 aliphatic rings. The number of carbonyl (C=O) groups is 1. The molecule has 0 atom stereocenters. The zero-order chi connectivity index (χ0) is 13.8. The van der Waals surface area contributed by atoms with Crippen molar-refractivity contribution in [2.24, 2.45) is 0 Å². The van der Waals surface area contributed by atoms with E-state index in [4.69, 9.17) is 5.11 Å². The van der Waals surface area contributed by atoms with Crippen LogP contribution >= 0.6 is 0 Å². The molecular formula is C13H16N2O4. The second kappa shape index (κ2) is 5.90. The zero-order valence-corrected chi connectivity index (χ0v) is 10.5. The first-order chi connectivity index (χ1) is 9.11. The molecule has 0 radical (unpaired) electrons. The average molecular weight is 264 g/mol. The van der Waals surface area contributed by atoms with Crippen LogP contribution in [0.2, 0.25) is 0 Å². The van der Waals surface area contributed by atoms with Crippen molar-refractivity contribution in [2.45, 2.75) is 18.9 Å². The van der Waals surface area contributed by atoms with E-state index in [2.05, 4.69) is 0 Å². The van der Waals surface area contributed by atoms with Gasteiger partial charge in [0.25, 0.3) is 5.69 Å². The van der Waals surface area contributed by atoms with Crippen LogP contribution in [0.3, 0.4) is 0 Å². The summed E-state index contributed by atoms with van der Waals surface area (Å²) in [7, 11) is 0. The van der Waals surface area contributed by atoms with Crippen LogP contribution in [0.4, 0.5) is 5.69 Å². The van der Waals surface area contributed by atoms with E-state index in [-0.39, 0.29) is 24.6 Å². The molecule has 1 fully saturated rings. The van der Waals surface area contributed by atoms with Crippen LogP contribution in [-0.2, 0) is 0 Å². The van der Waals surface area contributed by atoms with Gasteiger partial charge < -0.3 is 5.11 Å². The van der Waals surface area contributed by atoms with Gasteiger partial charge in [0, 0.05) is 30.3 Å². The molecule has 6 heteroatoms. The van der Waals surface area contributed by atoms with E-state index in [0.717, 1.165) is 12.8 Å². The molecule has 0 spiro atoms. The lowest BCUT2D eigenvalue weighted by molar-refractivity contribution is -0.384. The molecule has 0 aromatic heterocycles. The highest BCUT2D eigenvalue weighted by Crippen LogP contribution is 2.26. The largest absolute Gasteiger partial charge is 0.395 e. The van der Waals surface area contributed by atoms with Crippen LogP contribution in [0, 0.1) is 10.1 Å². The average Bonchev–Trinajstić information content (AvgIpc) is 3.22. The highest BCUT2D eigenvalue weighted by Gasteiger charge is 2.29. The summed E-state index contributed by atoms with van der Waals surface area (Å²) in [6.07, 6.45) is 2.13. The number of nitro groups is 1. The minimum Gasteiger partial charge on any atom is -0.395 e. The van der Waals surface area contributed by atoms with Gasteiger partial charge >= 0.3 is 0 Å². The van der Waals surface area contributed by atoms with Gasteiger partial charge in [-0.1, -0.05) is 0 Å². The number of hydrogen-bond acceptors (Lipinski definition) is 5. The molecule has 19 heavy (non-hydrogen) atoms. The standard InChI is InChI=1S/C13H16N2O4/c16-8-7-14(11-5-6-11)9-13(17)10-1-3-12(4-2-10)15(18)19/h1-4,11,16H,5-9H2. The molecule has 6 nitrogen and oxygen atoms in total. The molecule has 0 saturated heterocycles. The first-order valence-corrected chi connectivity index (χ1v) is 6.24. The summed E-state index contributed by atoms with van der Waals surface area (Å²) in [5.41, 5.74) is 0.445. The van der Waals surface area contributed by atoms with E-state index in [0.29, 0.717) is 18.2 Å². The highest BCUT2D eigenvalue weighted by atomic mass is 16.6. The highest BCUT2D eigenvalue weighted by molar-refractivity contribution is 5.97. The van der Waals surface area contributed by atoms with Crippen LogP contribution in [0.15, 0.2) is 24.3 Å². The maximum atomic E-state index is 12.1. The van der Waals surface area contributed by atoms with Crippen molar-refractivity contribution in [1.82, 2.24) is 4.90 Å². The zero-order valence-electron chi connectivity index (χ0n) is 10.5. The van der Waals surface area contributed by atoms with Crippen molar-refractivity contribution in [2.75, 3.05) is 19.7 Å². The maximum Gasteiger partial charge on any atom is 0.269 e. The number of carbonyl (C=O) groups excluding carboxylic acids is 1. The van der Waals surface area contributed by atoms with Gasteiger partial charge in [0.2, 0.25) is 0 Å². The fourth-order valence-corrected chi connectivity index (χ4v) is 2.00. The minimum atomic E-state index is -0.490. The SMILES string of the molecule is O=C(CN(CCO)C1CC1)c1ccc([N+](=O)[O-])cc1. The Morgan fingerprint density at radius 1 is 1.37 bits per heavy atom. The molecule has 2 rings (SSSR count). The molecule has 102 valence electrons. The Hall–Kier alpha value is -1.79. The van der Waals surface area contributed by atoms with Gasteiger partial charge in [-0.05, 0) is 25.0 Å². The lowest BCUT2D eigenvalue weighted by Crippen LogP contribution is -2.34. The van der Waals surface area contributed by atoms with E-state index in [1.807, 2.05) is 4.90 Å². The molecule has 0 amide bonds. The van der Waals surface area contributed by atoms with E-state index in [1.165, 1.54) is 24.3 Å². The lowest BCUT2D eigenvalue weighted by atomic mass is 10.1. The second-order valence-electron chi connectivity index (χ2n) is 4.65. The summed E-state index contributed by atoms with van der Waals surface area (Å²) in [5.74, 6) is -0.0738. The normalized spacial score (nSPS) is 14.6. The molecule has 0 unspecified atom stereocenters. The number of ketones is 1. The summed E-state index contributed by atoms with van der Waals surface area (Å²) in [4.78, 5) is 24.0. The van der Waals surface area contributed by atoms with E-state index in [1.54, 1.807) is 0 Å². The van der Waals surface area contributed by atoms with Crippen molar-refractivity contribution in [3.05, 3.63) is 39.9 Å². The quantitative estimate of drug-likeness (QED) is 0.455. The van der Waals surface area contributed by atoms with E-state index in [9.17, 15) is 14.9 Å². The van der Waals surface area contributed by atoms with Gasteiger partial charge in [-0.25, -0.2) is 0 Å². The molecule has 1 N–H and O–H groups in total. The van der Waals surface area contributed by atoms with Gasteiger partial charge in [0.15, 0.2) is 5.78 Å². The summed E-state index contributed by atoms with van der Waals surface area (Å²) < 4.78 is 0. The van der Waals surface area contributed by atoms with E-state index < -0.39 is 4.92 Å². The maximum absolute atomic E-state index is 12.1. The van der Waals surface area contributed by atoms with Crippen LogP contribution in [0.25, 0.3) is 0 Å². The van der Waals surface area contributed by atoms with Crippen LogP contribution in [0.5, 0.6) is 0 Å². The molecule has 0 bridgehead atoms. The summed E-state index contributed by atoms with van der Waals surface area (Å²) in [6, 6.07) is 6.02. The Morgan fingerprint density at radius 2 is 2.00 bits per heavy atom. The molecule has 1 saturated carbocycles. The third-order valence-electron chi connectivity index (χ3n) is 3.20. The summed E-state index contributed by atoms with van der Waals surface area (Å²) in [6.45, 7) is 0.774. The fraction of sp³-hybridized carbons (Fsp3) is 0.462. The number of nitrogens with zero attached hydrogens (tertiary/aromatic N) is 2. The predicted molar refractivity (Wildman–Crippen MR) is 69.1 cm³/mol. The lowest BCUT2D eigenvalue weighted by Gasteiger charge is -2.19. The van der Waals surface area contributed by atoms with Gasteiger partial charge in [0.05, 0.1) is 18.1 Å². The Balaban J connectivity index is 2.00. The number of aliphatic hydroxyl groups excluding tert-OH is 1. The number of non-ortho nitro benzene ring substituents is 1. The minimum absolute atomic E-state index is 0.0223. The molecule has 0 heterocycles. The molecule has 0 aliphatic heterocycles. The summed E-state index contributed by atoms with van der Waals surface area (Å²) in [5, 5.41) is 19.5. The Kier molecular flexibility index (Phi) is 4.24. The van der Waals surface area contributed by atoms with Gasteiger partial charge in [-0.2, -0.15) is 0 Å². The van der Waals surface area contributed by atoms with Crippen molar-refractivity contribution in [3.8, 4) is 0 Å². The molecular weight excluding hydrogens is 248 g/mol. The monoisotopic (exact) mass is 264 g/mol. The van der Waals surface area contributed by atoms with Crippen molar-refractivity contribution < 1.29 is 14.8 Å². The van der Waals surface area contributed by atoms with E-state index >= 15 is 0 Å². The van der Waals surface area contributed by atoms with Crippen molar-refractivity contribution in [1.29, 1.82) is 0 Å². The van der Waals surface area contributed by atoms with Gasteiger partial charge in [0.1, 0.15) is 0 Å². The Morgan fingerprint density at radius 3 is 2.47 bits per heavy atom. The first-order valence-electron chi connectivity index (χ1n) is 6.24. The topological polar surface area (TPSA) is 83.7 Å². The molecule has 1 aromatic carbocycles. The first kappa shape index (κ1) is 13.6. The number of benzene rings is 1. The predicted octanol–water partition coefficient (Wildman–Crippen LogP) is 1.23. The van der Waals surface area contributed by atoms with Gasteiger partial charge in [-0.3, -0.25) is 19.8 Å². The third-order valence-corrected chi connectivity index (χ3v) is 3.20. The van der Waals surface area contributed by atoms with Crippen LogP contribution < -0.4 is 0 Å². The number of Topliss-reactive ketones (excluding diaryl/α,β-unsaturated/α-hetero) is 1. The number of rotatable bonds is 7. The Labute approximate surface area is 110 Å². The van der Waals surface area contributed by atoms with Crippen LogP contribution in [-0.4, -0.2) is 46.5 Å².